The number of aliphatic hydroxyl groups is 2. The summed E-state index contributed by atoms with van der Waals surface area (Å²) >= 11 is 0. The molecule has 0 saturated heterocycles. The first-order valence-electron chi connectivity index (χ1n) is 5.49. The molecule has 0 unspecified atom stereocenters. The Morgan fingerprint density at radius 2 is 2.19 bits per heavy atom. The van der Waals surface area contributed by atoms with E-state index in [1.807, 2.05) is 0 Å². The zero-order chi connectivity index (χ0) is 12.0. The molecule has 16 heavy (non-hydrogen) atoms. The molecule has 0 aliphatic rings. The van der Waals surface area contributed by atoms with E-state index in [0.29, 0.717) is 12.2 Å². The Hall–Kier alpha value is -1.27. The fourth-order valence-electron chi connectivity index (χ4n) is 1.40. The normalized spacial score (nSPS) is 11.0. The van der Waals surface area contributed by atoms with Crippen LogP contribution in [0.4, 0.5) is 11.5 Å². The smallest absolute Gasteiger partial charge is 0.147 e. The maximum Gasteiger partial charge on any atom is 0.147 e. The number of nitrogens with zero attached hydrogens (tertiary/aromatic N) is 2. The summed E-state index contributed by atoms with van der Waals surface area (Å²) in [5, 5.41) is 25.1. The predicted octanol–water partition coefficient (Wildman–Crippen LogP) is -0.112. The van der Waals surface area contributed by atoms with E-state index in [1.165, 1.54) is 0 Å². The van der Waals surface area contributed by atoms with Gasteiger partial charge in [0.2, 0.25) is 0 Å². The first-order valence-corrected chi connectivity index (χ1v) is 5.49. The van der Waals surface area contributed by atoms with Crippen molar-refractivity contribution in [3.05, 3.63) is 6.20 Å². The van der Waals surface area contributed by atoms with Crippen LogP contribution in [0.1, 0.15) is 13.3 Å². The number of aryl methyl sites for hydroxylation is 1. The van der Waals surface area contributed by atoms with Gasteiger partial charge in [0.1, 0.15) is 5.82 Å². The van der Waals surface area contributed by atoms with Crippen molar-refractivity contribution in [2.75, 3.05) is 30.8 Å². The molecule has 6 nitrogen and oxygen atoms in total. The quantitative estimate of drug-likeness (QED) is 0.522. The molecule has 0 amide bonds. The Bertz CT molecular complexity index is 310. The molecule has 1 aromatic rings. The molecular weight excluding hydrogens is 208 g/mol. The number of anilines is 2. The van der Waals surface area contributed by atoms with Crippen LogP contribution in [-0.4, -0.2) is 39.8 Å². The van der Waals surface area contributed by atoms with Crippen molar-refractivity contribution < 1.29 is 10.2 Å². The van der Waals surface area contributed by atoms with Crippen LogP contribution in [0.2, 0.25) is 0 Å². The van der Waals surface area contributed by atoms with Gasteiger partial charge in [-0.1, -0.05) is 6.92 Å². The second-order valence-corrected chi connectivity index (χ2v) is 3.78. The molecule has 0 atom stereocenters. The first kappa shape index (κ1) is 12.8. The highest BCUT2D eigenvalue weighted by Crippen LogP contribution is 2.18. The number of nitrogens with two attached hydrogens (primary N) is 1. The second-order valence-electron chi connectivity index (χ2n) is 3.78. The molecule has 5 N–H and O–H groups in total. The summed E-state index contributed by atoms with van der Waals surface area (Å²) in [6.07, 6.45) is 2.57. The average Bonchev–Trinajstić information content (AvgIpc) is 2.63. The lowest BCUT2D eigenvalue weighted by molar-refractivity contribution is 0.157. The van der Waals surface area contributed by atoms with Gasteiger partial charge in [-0.15, -0.1) is 0 Å². The monoisotopic (exact) mass is 228 g/mol. The average molecular weight is 228 g/mol. The largest absolute Gasteiger partial charge is 0.396 e. The van der Waals surface area contributed by atoms with Gasteiger partial charge in [0, 0.05) is 32.2 Å². The third kappa shape index (κ3) is 3.11. The van der Waals surface area contributed by atoms with Crippen molar-refractivity contribution in [3.63, 3.8) is 0 Å². The topological polar surface area (TPSA) is 96.3 Å². The summed E-state index contributed by atoms with van der Waals surface area (Å²) in [6, 6.07) is 0. The number of nitrogen functional groups attached to an aromatic ring is 1. The Morgan fingerprint density at radius 1 is 1.50 bits per heavy atom. The van der Waals surface area contributed by atoms with Crippen LogP contribution in [0.25, 0.3) is 0 Å². The van der Waals surface area contributed by atoms with E-state index >= 15 is 0 Å². The summed E-state index contributed by atoms with van der Waals surface area (Å²) in [4.78, 5) is 0. The van der Waals surface area contributed by atoms with E-state index < -0.39 is 0 Å². The van der Waals surface area contributed by atoms with Gasteiger partial charge < -0.3 is 21.3 Å². The van der Waals surface area contributed by atoms with Crippen molar-refractivity contribution in [3.8, 4) is 0 Å². The molecule has 6 heteroatoms. The number of hydrogen-bond donors (Lipinski definition) is 4. The van der Waals surface area contributed by atoms with Crippen molar-refractivity contribution in [1.82, 2.24) is 9.78 Å². The van der Waals surface area contributed by atoms with E-state index in [1.54, 1.807) is 10.9 Å². The van der Waals surface area contributed by atoms with E-state index in [9.17, 15) is 0 Å². The standard InChI is InChI=1S/C10H20N4O2/c1-2-3-14-10(9(11)5-13-14)12-4-8(6-15)7-16/h5,8,12,15-16H,2-4,6-7,11H2,1H3. The van der Waals surface area contributed by atoms with Gasteiger partial charge in [-0.2, -0.15) is 5.10 Å². The van der Waals surface area contributed by atoms with Crippen LogP contribution >= 0.6 is 0 Å². The van der Waals surface area contributed by atoms with Gasteiger partial charge in [-0.25, -0.2) is 4.68 Å². The lowest BCUT2D eigenvalue weighted by atomic mass is 10.2. The Kier molecular flexibility index (Phi) is 5.07. The minimum absolute atomic E-state index is 0.0503. The number of hydrogen-bond acceptors (Lipinski definition) is 5. The molecule has 0 aliphatic carbocycles. The predicted molar refractivity (Wildman–Crippen MR) is 63.1 cm³/mol. The third-order valence-electron chi connectivity index (χ3n) is 2.38. The van der Waals surface area contributed by atoms with Gasteiger partial charge in [0.15, 0.2) is 0 Å². The van der Waals surface area contributed by atoms with Crippen LogP contribution in [0, 0.1) is 5.92 Å². The Balaban J connectivity index is 2.60. The Morgan fingerprint density at radius 3 is 2.75 bits per heavy atom. The van der Waals surface area contributed by atoms with Crippen LogP contribution in [0.3, 0.4) is 0 Å². The molecule has 0 aliphatic heterocycles. The maximum absolute atomic E-state index is 8.94. The fraction of sp³-hybridized carbons (Fsp3) is 0.700. The van der Waals surface area contributed by atoms with Gasteiger partial charge in [0.05, 0.1) is 11.9 Å². The van der Waals surface area contributed by atoms with E-state index in [4.69, 9.17) is 15.9 Å². The minimum atomic E-state index is -0.177. The van der Waals surface area contributed by atoms with Gasteiger partial charge in [-0.3, -0.25) is 0 Å². The highest BCUT2D eigenvalue weighted by atomic mass is 16.3. The second kappa shape index (κ2) is 6.34. The van der Waals surface area contributed by atoms with Gasteiger partial charge in [-0.05, 0) is 6.42 Å². The third-order valence-corrected chi connectivity index (χ3v) is 2.38. The molecule has 1 aromatic heterocycles. The number of aliphatic hydroxyl groups excluding tert-OH is 2. The van der Waals surface area contributed by atoms with Crippen molar-refractivity contribution in [2.24, 2.45) is 5.92 Å². The zero-order valence-electron chi connectivity index (χ0n) is 9.56. The molecule has 0 fully saturated rings. The minimum Gasteiger partial charge on any atom is -0.396 e. The molecule has 0 bridgehead atoms. The first-order chi connectivity index (χ1) is 7.72. The van der Waals surface area contributed by atoms with E-state index in [2.05, 4.69) is 17.3 Å². The van der Waals surface area contributed by atoms with Gasteiger partial charge >= 0.3 is 0 Å². The molecule has 0 spiro atoms. The molecule has 1 heterocycles. The number of nitrogens with one attached hydrogen (secondary N) is 1. The number of rotatable bonds is 7. The van der Waals surface area contributed by atoms with Crippen LogP contribution in [-0.2, 0) is 6.54 Å². The highest BCUT2D eigenvalue weighted by Gasteiger charge is 2.10. The summed E-state index contributed by atoms with van der Waals surface area (Å²) in [5.74, 6) is 0.582. The summed E-state index contributed by atoms with van der Waals surface area (Å²) in [7, 11) is 0. The highest BCUT2D eigenvalue weighted by molar-refractivity contribution is 5.60. The Labute approximate surface area is 95.1 Å². The summed E-state index contributed by atoms with van der Waals surface area (Å²) < 4.78 is 1.79. The molecule has 92 valence electrons. The van der Waals surface area contributed by atoms with Crippen molar-refractivity contribution in [2.45, 2.75) is 19.9 Å². The van der Waals surface area contributed by atoms with Crippen molar-refractivity contribution in [1.29, 1.82) is 0 Å². The van der Waals surface area contributed by atoms with Crippen molar-refractivity contribution >= 4 is 11.5 Å². The van der Waals surface area contributed by atoms with Crippen LogP contribution < -0.4 is 11.1 Å². The molecular formula is C10H20N4O2. The number of aromatic nitrogens is 2. The summed E-state index contributed by atoms with van der Waals surface area (Å²) in [6.45, 7) is 3.23. The molecule has 0 radical (unpaired) electrons. The molecule has 0 saturated carbocycles. The molecule has 1 rings (SSSR count). The fourth-order valence-corrected chi connectivity index (χ4v) is 1.40. The maximum atomic E-state index is 8.94. The van der Waals surface area contributed by atoms with Crippen LogP contribution in [0.5, 0.6) is 0 Å². The SMILES string of the molecule is CCCn1ncc(N)c1NCC(CO)CO. The summed E-state index contributed by atoms with van der Waals surface area (Å²) in [5.41, 5.74) is 6.36. The molecule has 0 aromatic carbocycles. The van der Waals surface area contributed by atoms with E-state index in [-0.39, 0.29) is 19.1 Å². The lowest BCUT2D eigenvalue weighted by Gasteiger charge is -2.14. The van der Waals surface area contributed by atoms with E-state index in [0.717, 1.165) is 18.8 Å². The lowest BCUT2D eigenvalue weighted by Crippen LogP contribution is -2.23. The van der Waals surface area contributed by atoms with Gasteiger partial charge in [0.25, 0.3) is 0 Å². The zero-order valence-corrected chi connectivity index (χ0v) is 9.56. The van der Waals surface area contributed by atoms with Crippen LogP contribution in [0.15, 0.2) is 6.20 Å².